The van der Waals surface area contributed by atoms with Crippen LogP contribution < -0.4 is 11.5 Å². The molecule has 0 amide bonds. The number of benzene rings is 1. The Morgan fingerprint density at radius 2 is 1.93 bits per heavy atom. The van der Waals surface area contributed by atoms with Gasteiger partial charge < -0.3 is 11.5 Å². The second-order valence-corrected chi connectivity index (χ2v) is 7.99. The maximum Gasteiger partial charge on any atom is 0.220 e. The van der Waals surface area contributed by atoms with Gasteiger partial charge in [0.05, 0.1) is 22.0 Å². The fourth-order valence-electron chi connectivity index (χ4n) is 3.25. The second kappa shape index (κ2) is 6.89. The normalized spacial score (nSPS) is 13.6. The molecule has 4 aromatic rings. The molecule has 0 unspecified atom stereocenters. The van der Waals surface area contributed by atoms with Gasteiger partial charge in [-0.15, -0.1) is 11.3 Å². The average molecular weight is 404 g/mol. The summed E-state index contributed by atoms with van der Waals surface area (Å²) in [6.07, 6.45) is 7.63. The van der Waals surface area contributed by atoms with Gasteiger partial charge in [0.2, 0.25) is 5.95 Å². The molecule has 5 rings (SSSR count). The van der Waals surface area contributed by atoms with Crippen LogP contribution in [0.25, 0.3) is 32.4 Å². The topological polar surface area (TPSA) is 104 Å². The Balaban J connectivity index is 1.70. The standard InChI is InChI=1S/C21H17FN6S/c22-17-14(2-1-3-15(17)23)18-19(16-6-7-26-21(24)27-16)29-20(28-18)13-8-12(9-25-10-13)11-4-5-11/h1-3,6-11H,4-5,23H2,(H2,24,26,27). The summed E-state index contributed by atoms with van der Waals surface area (Å²) in [5, 5.41) is 0.740. The number of anilines is 2. The van der Waals surface area contributed by atoms with Gasteiger partial charge in [-0.3, -0.25) is 4.98 Å². The number of rotatable bonds is 4. The first-order valence-electron chi connectivity index (χ1n) is 9.19. The average Bonchev–Trinajstić information content (AvgIpc) is 3.49. The van der Waals surface area contributed by atoms with Gasteiger partial charge in [-0.1, -0.05) is 6.07 Å². The smallest absolute Gasteiger partial charge is 0.220 e. The lowest BCUT2D eigenvalue weighted by atomic mass is 10.1. The lowest BCUT2D eigenvalue weighted by Crippen LogP contribution is -1.97. The Kier molecular flexibility index (Phi) is 4.21. The number of hydrogen-bond donors (Lipinski definition) is 2. The van der Waals surface area contributed by atoms with Crippen LogP contribution in [0.3, 0.4) is 0 Å². The molecular formula is C21H17FN6S. The van der Waals surface area contributed by atoms with E-state index in [0.717, 1.165) is 10.6 Å². The number of aromatic nitrogens is 4. The lowest BCUT2D eigenvalue weighted by Gasteiger charge is -2.05. The van der Waals surface area contributed by atoms with Crippen LogP contribution in [0.4, 0.5) is 16.0 Å². The van der Waals surface area contributed by atoms with E-state index in [1.807, 2.05) is 6.20 Å². The maximum absolute atomic E-state index is 14.8. The summed E-state index contributed by atoms with van der Waals surface area (Å²) in [5.41, 5.74) is 15.1. The number of nitrogens with two attached hydrogens (primary N) is 2. The van der Waals surface area contributed by atoms with Gasteiger partial charge in [-0.25, -0.2) is 19.3 Å². The van der Waals surface area contributed by atoms with Crippen LogP contribution in [0.5, 0.6) is 0 Å². The first-order valence-corrected chi connectivity index (χ1v) is 10.0. The highest BCUT2D eigenvalue weighted by Gasteiger charge is 2.25. The number of hydrogen-bond acceptors (Lipinski definition) is 7. The van der Waals surface area contributed by atoms with E-state index in [-0.39, 0.29) is 11.6 Å². The van der Waals surface area contributed by atoms with Crippen molar-refractivity contribution in [3.8, 4) is 32.4 Å². The number of halogens is 1. The maximum atomic E-state index is 14.8. The third kappa shape index (κ3) is 3.31. The van der Waals surface area contributed by atoms with E-state index in [1.54, 1.807) is 30.6 Å². The Morgan fingerprint density at radius 1 is 1.07 bits per heavy atom. The van der Waals surface area contributed by atoms with E-state index in [4.69, 9.17) is 16.5 Å². The molecule has 6 nitrogen and oxygen atoms in total. The van der Waals surface area contributed by atoms with Gasteiger partial charge in [0.25, 0.3) is 0 Å². The monoisotopic (exact) mass is 404 g/mol. The van der Waals surface area contributed by atoms with E-state index < -0.39 is 5.82 Å². The van der Waals surface area contributed by atoms with E-state index in [0.29, 0.717) is 27.7 Å². The Morgan fingerprint density at radius 3 is 2.72 bits per heavy atom. The van der Waals surface area contributed by atoms with Gasteiger partial charge in [-0.05, 0) is 48.6 Å². The van der Waals surface area contributed by atoms with Crippen LogP contribution in [-0.4, -0.2) is 19.9 Å². The Bertz CT molecular complexity index is 1220. The van der Waals surface area contributed by atoms with Crippen LogP contribution in [-0.2, 0) is 0 Å². The summed E-state index contributed by atoms with van der Waals surface area (Å²) in [6.45, 7) is 0. The van der Waals surface area contributed by atoms with Crippen molar-refractivity contribution in [1.82, 2.24) is 19.9 Å². The Labute approximate surface area is 170 Å². The molecular weight excluding hydrogens is 387 g/mol. The SMILES string of the molecule is Nc1nccc(-c2sc(-c3cncc(C4CC4)c3)nc2-c2cccc(N)c2F)n1. The van der Waals surface area contributed by atoms with E-state index >= 15 is 0 Å². The van der Waals surface area contributed by atoms with E-state index in [1.165, 1.54) is 35.8 Å². The van der Waals surface area contributed by atoms with Crippen LogP contribution in [0.2, 0.25) is 0 Å². The lowest BCUT2D eigenvalue weighted by molar-refractivity contribution is 0.635. The minimum absolute atomic E-state index is 0.0719. The molecule has 29 heavy (non-hydrogen) atoms. The van der Waals surface area contributed by atoms with Crippen molar-refractivity contribution in [2.45, 2.75) is 18.8 Å². The summed E-state index contributed by atoms with van der Waals surface area (Å²) < 4.78 is 14.8. The zero-order valence-electron chi connectivity index (χ0n) is 15.3. The fourth-order valence-corrected chi connectivity index (χ4v) is 4.28. The predicted molar refractivity (Wildman–Crippen MR) is 113 cm³/mol. The molecule has 1 saturated carbocycles. The molecule has 0 atom stereocenters. The quantitative estimate of drug-likeness (QED) is 0.485. The van der Waals surface area contributed by atoms with Gasteiger partial charge >= 0.3 is 0 Å². The third-order valence-electron chi connectivity index (χ3n) is 4.87. The van der Waals surface area contributed by atoms with Crippen LogP contribution in [0, 0.1) is 5.82 Å². The molecule has 1 aromatic carbocycles. The van der Waals surface area contributed by atoms with Gasteiger partial charge in [0, 0.05) is 29.7 Å². The third-order valence-corrected chi connectivity index (χ3v) is 6.00. The first-order chi connectivity index (χ1) is 14.1. The zero-order valence-corrected chi connectivity index (χ0v) is 16.2. The summed E-state index contributed by atoms with van der Waals surface area (Å²) in [6, 6.07) is 8.75. The highest BCUT2D eigenvalue weighted by Crippen LogP contribution is 2.44. The van der Waals surface area contributed by atoms with Crippen molar-refractivity contribution < 1.29 is 4.39 Å². The molecule has 0 spiro atoms. The number of pyridine rings is 1. The summed E-state index contributed by atoms with van der Waals surface area (Å²) in [7, 11) is 0. The van der Waals surface area contributed by atoms with Crippen molar-refractivity contribution >= 4 is 23.0 Å². The molecule has 1 aliphatic carbocycles. The molecule has 4 N–H and O–H groups in total. The molecule has 3 heterocycles. The number of nitrogen functional groups attached to an aromatic ring is 2. The molecule has 144 valence electrons. The second-order valence-electron chi connectivity index (χ2n) is 6.99. The summed E-state index contributed by atoms with van der Waals surface area (Å²) in [4.78, 5) is 18.1. The van der Waals surface area contributed by atoms with Crippen LogP contribution in [0.1, 0.15) is 24.3 Å². The van der Waals surface area contributed by atoms with Crippen molar-refractivity contribution in [2.24, 2.45) is 0 Å². The van der Waals surface area contributed by atoms with Crippen molar-refractivity contribution in [2.75, 3.05) is 11.5 Å². The molecule has 0 radical (unpaired) electrons. The van der Waals surface area contributed by atoms with Crippen molar-refractivity contribution in [1.29, 1.82) is 0 Å². The van der Waals surface area contributed by atoms with Gasteiger partial charge in [-0.2, -0.15) is 0 Å². The van der Waals surface area contributed by atoms with Gasteiger partial charge in [0.15, 0.2) is 5.82 Å². The van der Waals surface area contributed by atoms with Gasteiger partial charge in [0.1, 0.15) is 5.01 Å². The Hall–Kier alpha value is -3.39. The fraction of sp³-hybridized carbons (Fsp3) is 0.143. The zero-order chi connectivity index (χ0) is 20.0. The molecule has 0 saturated heterocycles. The van der Waals surface area contributed by atoms with Crippen LogP contribution in [0.15, 0.2) is 48.9 Å². The predicted octanol–water partition coefficient (Wildman–Crippen LogP) is 4.51. The molecule has 1 fully saturated rings. The van der Waals surface area contributed by atoms with E-state index in [9.17, 15) is 4.39 Å². The summed E-state index contributed by atoms with van der Waals surface area (Å²) in [5.74, 6) is 0.223. The summed E-state index contributed by atoms with van der Waals surface area (Å²) >= 11 is 1.42. The minimum Gasteiger partial charge on any atom is -0.396 e. The largest absolute Gasteiger partial charge is 0.396 e. The number of thiazole rings is 1. The highest BCUT2D eigenvalue weighted by atomic mass is 32.1. The molecule has 3 aromatic heterocycles. The van der Waals surface area contributed by atoms with Crippen molar-refractivity contribution in [3.63, 3.8) is 0 Å². The minimum atomic E-state index is -0.502. The van der Waals surface area contributed by atoms with Crippen molar-refractivity contribution in [3.05, 3.63) is 60.3 Å². The van der Waals surface area contributed by atoms with Crippen LogP contribution >= 0.6 is 11.3 Å². The first kappa shape index (κ1) is 17.7. The molecule has 0 aliphatic heterocycles. The van der Waals surface area contributed by atoms with E-state index in [2.05, 4.69) is 21.0 Å². The highest BCUT2D eigenvalue weighted by molar-refractivity contribution is 7.18. The molecule has 1 aliphatic rings. The molecule has 8 heteroatoms. The number of nitrogens with zero attached hydrogens (tertiary/aromatic N) is 4. The molecule has 0 bridgehead atoms.